The third-order valence-electron chi connectivity index (χ3n) is 3.26. The number of nitrogens with one attached hydrogen (secondary N) is 2. The molecule has 1 aromatic carbocycles. The van der Waals surface area contributed by atoms with Crippen LogP contribution in [0.4, 0.5) is 4.39 Å². The zero-order chi connectivity index (χ0) is 14.9. The van der Waals surface area contributed by atoms with E-state index in [0.29, 0.717) is 12.1 Å². The lowest BCUT2D eigenvalue weighted by molar-refractivity contribution is 0.566. The van der Waals surface area contributed by atoms with Crippen molar-refractivity contribution in [3.8, 4) is 0 Å². The van der Waals surface area contributed by atoms with Crippen molar-refractivity contribution in [2.24, 2.45) is 0 Å². The number of hydrogen-bond acceptors (Lipinski definition) is 3. The SMILES string of the molecule is Cc1c(F)cc(CNC(C)C)cc1S(=O)(=O)NC1CC1. The van der Waals surface area contributed by atoms with Gasteiger partial charge in [0.25, 0.3) is 0 Å². The lowest BCUT2D eigenvalue weighted by atomic mass is 10.1. The largest absolute Gasteiger partial charge is 0.310 e. The van der Waals surface area contributed by atoms with Crippen LogP contribution in [0.2, 0.25) is 0 Å². The molecule has 2 N–H and O–H groups in total. The molecule has 0 heterocycles. The molecule has 1 aliphatic carbocycles. The molecule has 1 saturated carbocycles. The fourth-order valence-electron chi connectivity index (χ4n) is 1.89. The van der Waals surface area contributed by atoms with E-state index in [1.54, 1.807) is 6.07 Å². The first-order chi connectivity index (χ1) is 9.29. The van der Waals surface area contributed by atoms with E-state index in [2.05, 4.69) is 10.0 Å². The summed E-state index contributed by atoms with van der Waals surface area (Å²) in [6, 6.07) is 3.21. The lowest BCUT2D eigenvalue weighted by Crippen LogP contribution is -2.27. The minimum Gasteiger partial charge on any atom is -0.310 e. The highest BCUT2D eigenvalue weighted by Crippen LogP contribution is 2.25. The maximum Gasteiger partial charge on any atom is 0.241 e. The van der Waals surface area contributed by atoms with Gasteiger partial charge < -0.3 is 5.32 Å². The highest BCUT2D eigenvalue weighted by atomic mass is 32.2. The van der Waals surface area contributed by atoms with Gasteiger partial charge in [-0.2, -0.15) is 0 Å². The van der Waals surface area contributed by atoms with Gasteiger partial charge in [0.05, 0.1) is 4.90 Å². The summed E-state index contributed by atoms with van der Waals surface area (Å²) in [7, 11) is -3.63. The van der Waals surface area contributed by atoms with Crippen LogP contribution in [0.15, 0.2) is 17.0 Å². The Morgan fingerprint density at radius 3 is 2.55 bits per heavy atom. The second-order valence-electron chi connectivity index (χ2n) is 5.63. The van der Waals surface area contributed by atoms with Crippen molar-refractivity contribution < 1.29 is 12.8 Å². The summed E-state index contributed by atoms with van der Waals surface area (Å²) in [5.41, 5.74) is 0.810. The molecule has 0 aliphatic heterocycles. The van der Waals surface area contributed by atoms with Gasteiger partial charge in [-0.25, -0.2) is 17.5 Å². The van der Waals surface area contributed by atoms with E-state index in [1.807, 2.05) is 13.8 Å². The van der Waals surface area contributed by atoms with E-state index in [9.17, 15) is 12.8 Å². The van der Waals surface area contributed by atoms with Gasteiger partial charge in [-0.1, -0.05) is 13.8 Å². The summed E-state index contributed by atoms with van der Waals surface area (Å²) in [6.45, 7) is 5.91. The molecular weight excluding hydrogens is 279 g/mol. The van der Waals surface area contributed by atoms with Crippen molar-refractivity contribution in [1.82, 2.24) is 10.0 Å². The van der Waals surface area contributed by atoms with Crippen LogP contribution in [0.3, 0.4) is 0 Å². The molecule has 0 saturated heterocycles. The molecule has 20 heavy (non-hydrogen) atoms. The third-order valence-corrected chi connectivity index (χ3v) is 4.91. The van der Waals surface area contributed by atoms with Crippen LogP contribution in [-0.4, -0.2) is 20.5 Å². The molecule has 2 rings (SSSR count). The zero-order valence-corrected chi connectivity index (χ0v) is 12.8. The molecular formula is C14H21FN2O2S. The molecule has 6 heteroatoms. The van der Waals surface area contributed by atoms with Gasteiger partial charge in [0.15, 0.2) is 0 Å². The van der Waals surface area contributed by atoms with E-state index in [0.717, 1.165) is 12.8 Å². The predicted molar refractivity (Wildman–Crippen MR) is 76.5 cm³/mol. The fourth-order valence-corrected chi connectivity index (χ4v) is 3.50. The highest BCUT2D eigenvalue weighted by Gasteiger charge is 2.29. The minimum atomic E-state index is -3.63. The normalized spacial score (nSPS) is 15.8. The number of sulfonamides is 1. The van der Waals surface area contributed by atoms with Crippen molar-refractivity contribution in [1.29, 1.82) is 0 Å². The number of hydrogen-bond donors (Lipinski definition) is 2. The molecule has 0 spiro atoms. The lowest BCUT2D eigenvalue weighted by Gasteiger charge is -2.13. The monoisotopic (exact) mass is 300 g/mol. The third kappa shape index (κ3) is 3.77. The molecule has 112 valence electrons. The Labute approximate surface area is 119 Å². The molecule has 1 aliphatic rings. The van der Waals surface area contributed by atoms with Crippen LogP contribution in [-0.2, 0) is 16.6 Å². The first-order valence-electron chi connectivity index (χ1n) is 6.84. The number of rotatable bonds is 6. The van der Waals surface area contributed by atoms with Gasteiger partial charge in [0.1, 0.15) is 5.82 Å². The summed E-state index contributed by atoms with van der Waals surface area (Å²) < 4.78 is 41.0. The maximum atomic E-state index is 13.9. The molecule has 0 atom stereocenters. The molecule has 1 fully saturated rings. The van der Waals surface area contributed by atoms with Gasteiger partial charge in [-0.3, -0.25) is 0 Å². The van der Waals surface area contributed by atoms with E-state index in [1.165, 1.54) is 13.0 Å². The minimum absolute atomic E-state index is 0.0138. The van der Waals surface area contributed by atoms with Crippen LogP contribution < -0.4 is 10.0 Å². The van der Waals surface area contributed by atoms with E-state index in [-0.39, 0.29) is 22.5 Å². The average Bonchev–Trinajstić information content (AvgIpc) is 3.13. The quantitative estimate of drug-likeness (QED) is 0.845. The topological polar surface area (TPSA) is 58.2 Å². The summed E-state index contributed by atoms with van der Waals surface area (Å²) in [6.07, 6.45) is 1.71. The Kier molecular flexibility index (Phi) is 4.46. The Hall–Kier alpha value is -0.980. The van der Waals surface area contributed by atoms with Crippen molar-refractivity contribution in [2.45, 2.75) is 57.1 Å². The molecule has 0 aromatic heterocycles. The predicted octanol–water partition coefficient (Wildman–Crippen LogP) is 2.07. The van der Waals surface area contributed by atoms with Gasteiger partial charge in [-0.05, 0) is 37.5 Å². The molecule has 0 unspecified atom stereocenters. The second-order valence-corrected chi connectivity index (χ2v) is 7.31. The Balaban J connectivity index is 2.30. The van der Waals surface area contributed by atoms with Gasteiger partial charge in [0, 0.05) is 24.2 Å². The summed E-state index contributed by atoms with van der Waals surface area (Å²) >= 11 is 0. The molecule has 0 radical (unpaired) electrons. The van der Waals surface area contributed by atoms with Crippen molar-refractivity contribution >= 4 is 10.0 Å². The van der Waals surface area contributed by atoms with E-state index in [4.69, 9.17) is 0 Å². The summed E-state index contributed by atoms with van der Waals surface area (Å²) in [4.78, 5) is 0.0463. The molecule has 4 nitrogen and oxygen atoms in total. The Morgan fingerprint density at radius 1 is 1.35 bits per heavy atom. The van der Waals surface area contributed by atoms with E-state index >= 15 is 0 Å². The Morgan fingerprint density at radius 2 is 2.00 bits per heavy atom. The second kappa shape index (κ2) is 5.79. The van der Waals surface area contributed by atoms with Crippen LogP contribution in [0, 0.1) is 12.7 Å². The standard InChI is InChI=1S/C14H21FN2O2S/c1-9(2)16-8-11-6-13(15)10(3)14(7-11)20(18,19)17-12-4-5-12/h6-7,9,12,16-17H,4-5,8H2,1-3H3. The number of benzene rings is 1. The first kappa shape index (κ1) is 15.4. The summed E-state index contributed by atoms with van der Waals surface area (Å²) in [5, 5.41) is 3.16. The molecule has 0 amide bonds. The maximum absolute atomic E-state index is 13.9. The average molecular weight is 300 g/mol. The van der Waals surface area contributed by atoms with Crippen LogP contribution >= 0.6 is 0 Å². The van der Waals surface area contributed by atoms with Gasteiger partial charge >= 0.3 is 0 Å². The van der Waals surface area contributed by atoms with Crippen LogP contribution in [0.1, 0.15) is 37.8 Å². The van der Waals surface area contributed by atoms with Gasteiger partial charge in [-0.15, -0.1) is 0 Å². The van der Waals surface area contributed by atoms with Crippen molar-refractivity contribution in [2.75, 3.05) is 0 Å². The summed E-state index contributed by atoms with van der Waals surface area (Å²) in [5.74, 6) is -0.482. The van der Waals surface area contributed by atoms with Crippen LogP contribution in [0.25, 0.3) is 0 Å². The molecule has 0 bridgehead atoms. The number of halogens is 1. The zero-order valence-electron chi connectivity index (χ0n) is 12.0. The Bertz CT molecular complexity index is 595. The molecule has 1 aromatic rings. The first-order valence-corrected chi connectivity index (χ1v) is 8.32. The van der Waals surface area contributed by atoms with Crippen molar-refractivity contribution in [3.05, 3.63) is 29.1 Å². The van der Waals surface area contributed by atoms with E-state index < -0.39 is 15.8 Å². The van der Waals surface area contributed by atoms with Crippen LogP contribution in [0.5, 0.6) is 0 Å². The van der Waals surface area contributed by atoms with Gasteiger partial charge in [0.2, 0.25) is 10.0 Å². The fraction of sp³-hybridized carbons (Fsp3) is 0.571. The highest BCUT2D eigenvalue weighted by molar-refractivity contribution is 7.89. The van der Waals surface area contributed by atoms with Crippen molar-refractivity contribution in [3.63, 3.8) is 0 Å². The smallest absolute Gasteiger partial charge is 0.241 e.